The Bertz CT molecular complexity index is 97.5. The van der Waals surface area contributed by atoms with Crippen LogP contribution in [0.5, 0.6) is 0 Å². The third-order valence-electron chi connectivity index (χ3n) is 1.23. The van der Waals surface area contributed by atoms with E-state index in [4.69, 9.17) is 14.2 Å². The van der Waals surface area contributed by atoms with E-state index in [0.717, 1.165) is 0 Å². The van der Waals surface area contributed by atoms with E-state index in [9.17, 15) is 0 Å². The molecule has 0 fully saturated rings. The maximum absolute atomic E-state index is 5.18. The Morgan fingerprint density at radius 2 is 1.91 bits per heavy atom. The zero-order valence-corrected chi connectivity index (χ0v) is 7.37. The Hall–Kier alpha value is -0.380. The van der Waals surface area contributed by atoms with Gasteiger partial charge in [-0.05, 0) is 6.92 Å². The van der Waals surface area contributed by atoms with E-state index < -0.39 is 0 Å². The number of hydrogen-bond acceptors (Lipinski definition) is 3. The van der Waals surface area contributed by atoms with Crippen LogP contribution in [0.2, 0.25) is 0 Å². The second kappa shape index (κ2) is 7.72. The average Bonchev–Trinajstić information content (AvgIpc) is 2.05. The van der Waals surface area contributed by atoms with Gasteiger partial charge < -0.3 is 14.2 Å². The predicted molar refractivity (Wildman–Crippen MR) is 43.4 cm³/mol. The highest BCUT2D eigenvalue weighted by Gasteiger charge is 2.02. The van der Waals surface area contributed by atoms with E-state index in [2.05, 4.69) is 0 Å². The van der Waals surface area contributed by atoms with Crippen molar-refractivity contribution in [2.75, 3.05) is 27.4 Å². The minimum absolute atomic E-state index is 0.250. The van der Waals surface area contributed by atoms with Gasteiger partial charge in [0.05, 0.1) is 13.2 Å². The summed E-state index contributed by atoms with van der Waals surface area (Å²) in [6.45, 7) is 3.03. The monoisotopic (exact) mass is 160 g/mol. The fraction of sp³-hybridized carbons (Fsp3) is 0.750. The highest BCUT2D eigenvalue weighted by atomic mass is 16.7. The second-order valence-corrected chi connectivity index (χ2v) is 2.01. The van der Waals surface area contributed by atoms with Gasteiger partial charge in [-0.3, -0.25) is 0 Å². The summed E-state index contributed by atoms with van der Waals surface area (Å²) in [6, 6.07) is 0. The molecule has 0 aromatic heterocycles. The molecule has 0 aliphatic carbocycles. The molecule has 0 aromatic carbocycles. The van der Waals surface area contributed by atoms with Gasteiger partial charge in [0.25, 0.3) is 0 Å². The van der Waals surface area contributed by atoms with Crippen molar-refractivity contribution >= 4 is 0 Å². The molecule has 0 N–H and O–H groups in total. The van der Waals surface area contributed by atoms with Crippen LogP contribution < -0.4 is 0 Å². The number of methoxy groups -OCH3 is 2. The van der Waals surface area contributed by atoms with E-state index in [1.54, 1.807) is 14.2 Å². The second-order valence-electron chi connectivity index (χ2n) is 2.01. The topological polar surface area (TPSA) is 27.7 Å². The van der Waals surface area contributed by atoms with Crippen LogP contribution in [0.1, 0.15) is 6.92 Å². The van der Waals surface area contributed by atoms with Crippen molar-refractivity contribution in [2.24, 2.45) is 0 Å². The Kier molecular flexibility index (Phi) is 7.46. The summed E-state index contributed by atoms with van der Waals surface area (Å²) in [5.74, 6) is 0. The van der Waals surface area contributed by atoms with Gasteiger partial charge in [0.1, 0.15) is 0 Å². The lowest BCUT2D eigenvalue weighted by Gasteiger charge is -2.12. The Morgan fingerprint density at radius 1 is 1.27 bits per heavy atom. The highest BCUT2D eigenvalue weighted by Crippen LogP contribution is 1.91. The van der Waals surface area contributed by atoms with E-state index in [1.165, 1.54) is 0 Å². The summed E-state index contributed by atoms with van der Waals surface area (Å²) in [4.78, 5) is 0. The molecule has 0 aliphatic rings. The molecule has 0 unspecified atom stereocenters. The number of hydrogen-bond donors (Lipinski definition) is 0. The molecular formula is C8H16O3. The molecule has 0 bridgehead atoms. The molecule has 0 spiro atoms. The van der Waals surface area contributed by atoms with Crippen molar-refractivity contribution in [2.45, 2.75) is 13.2 Å². The third kappa shape index (κ3) is 6.04. The summed E-state index contributed by atoms with van der Waals surface area (Å²) in [5, 5.41) is 0. The average molecular weight is 160 g/mol. The van der Waals surface area contributed by atoms with Crippen LogP contribution >= 0.6 is 0 Å². The summed E-state index contributed by atoms with van der Waals surface area (Å²) in [6.07, 6.45) is 3.62. The summed E-state index contributed by atoms with van der Waals surface area (Å²) < 4.78 is 15.0. The molecule has 0 amide bonds. The molecule has 0 atom stereocenters. The summed E-state index contributed by atoms with van der Waals surface area (Å²) >= 11 is 0. The number of rotatable bonds is 6. The van der Waals surface area contributed by atoms with Crippen molar-refractivity contribution < 1.29 is 14.2 Å². The lowest BCUT2D eigenvalue weighted by Crippen LogP contribution is -2.20. The van der Waals surface area contributed by atoms with E-state index >= 15 is 0 Å². The zero-order chi connectivity index (χ0) is 8.53. The van der Waals surface area contributed by atoms with E-state index in [0.29, 0.717) is 13.2 Å². The van der Waals surface area contributed by atoms with Crippen LogP contribution in [0.25, 0.3) is 0 Å². The molecule has 0 saturated heterocycles. The van der Waals surface area contributed by atoms with Gasteiger partial charge >= 0.3 is 0 Å². The first-order chi connectivity index (χ1) is 5.35. The molecule has 66 valence electrons. The molecule has 0 heterocycles. The van der Waals surface area contributed by atoms with Crippen molar-refractivity contribution in [1.82, 2.24) is 0 Å². The van der Waals surface area contributed by atoms with Gasteiger partial charge in [-0.25, -0.2) is 0 Å². The lowest BCUT2D eigenvalue weighted by molar-refractivity contribution is -0.137. The molecule has 3 heteroatoms. The largest absolute Gasteiger partial charge is 0.372 e. The van der Waals surface area contributed by atoms with Gasteiger partial charge in [-0.2, -0.15) is 0 Å². The highest BCUT2D eigenvalue weighted by molar-refractivity contribution is 4.75. The van der Waals surface area contributed by atoms with Crippen molar-refractivity contribution in [1.29, 1.82) is 0 Å². The van der Waals surface area contributed by atoms with Crippen LogP contribution in [0.15, 0.2) is 12.2 Å². The van der Waals surface area contributed by atoms with E-state index in [1.807, 2.05) is 19.1 Å². The summed E-state index contributed by atoms with van der Waals surface area (Å²) in [5.41, 5.74) is 0. The Morgan fingerprint density at radius 3 is 2.36 bits per heavy atom. The van der Waals surface area contributed by atoms with Crippen LogP contribution in [-0.4, -0.2) is 33.7 Å². The van der Waals surface area contributed by atoms with Crippen LogP contribution in [-0.2, 0) is 14.2 Å². The molecule has 0 radical (unpaired) electrons. The molecule has 0 rings (SSSR count). The van der Waals surface area contributed by atoms with Crippen molar-refractivity contribution in [3.63, 3.8) is 0 Å². The van der Waals surface area contributed by atoms with Gasteiger partial charge in [0, 0.05) is 14.2 Å². The van der Waals surface area contributed by atoms with Gasteiger partial charge in [0.15, 0.2) is 6.29 Å². The Labute approximate surface area is 67.9 Å². The van der Waals surface area contributed by atoms with Gasteiger partial charge in [0.2, 0.25) is 0 Å². The summed E-state index contributed by atoms with van der Waals surface area (Å²) in [7, 11) is 3.18. The van der Waals surface area contributed by atoms with Crippen LogP contribution in [0.3, 0.4) is 0 Å². The SMILES string of the molecule is CC=CCOCC(OC)OC. The molecule has 0 aliphatic heterocycles. The number of ether oxygens (including phenoxy) is 3. The first kappa shape index (κ1) is 10.6. The molecular weight excluding hydrogens is 144 g/mol. The quantitative estimate of drug-likeness (QED) is 0.332. The van der Waals surface area contributed by atoms with Crippen molar-refractivity contribution in [3.05, 3.63) is 12.2 Å². The molecule has 11 heavy (non-hydrogen) atoms. The maximum atomic E-state index is 5.18. The maximum Gasteiger partial charge on any atom is 0.180 e. The van der Waals surface area contributed by atoms with Gasteiger partial charge in [-0.15, -0.1) is 0 Å². The third-order valence-corrected chi connectivity index (χ3v) is 1.23. The standard InChI is InChI=1S/C8H16O3/c1-4-5-6-11-7-8(9-2)10-3/h4-5,8H,6-7H2,1-3H3. The Balaban J connectivity index is 3.21. The minimum atomic E-state index is -0.250. The molecule has 0 saturated carbocycles. The van der Waals surface area contributed by atoms with Gasteiger partial charge in [-0.1, -0.05) is 12.2 Å². The minimum Gasteiger partial charge on any atom is -0.372 e. The lowest BCUT2D eigenvalue weighted by atomic mass is 10.5. The number of allylic oxidation sites excluding steroid dienone is 1. The van der Waals surface area contributed by atoms with E-state index in [-0.39, 0.29) is 6.29 Å². The normalized spacial score (nSPS) is 11.6. The first-order valence-electron chi connectivity index (χ1n) is 3.59. The first-order valence-corrected chi connectivity index (χ1v) is 3.59. The fourth-order valence-electron chi connectivity index (χ4n) is 0.561. The van der Waals surface area contributed by atoms with Crippen LogP contribution in [0, 0.1) is 0 Å². The predicted octanol–water partition coefficient (Wildman–Crippen LogP) is 1.20. The molecule has 0 aromatic rings. The smallest absolute Gasteiger partial charge is 0.180 e. The van der Waals surface area contributed by atoms with Crippen molar-refractivity contribution in [3.8, 4) is 0 Å². The molecule has 3 nitrogen and oxygen atoms in total. The van der Waals surface area contributed by atoms with Crippen LogP contribution in [0.4, 0.5) is 0 Å². The fourth-order valence-corrected chi connectivity index (χ4v) is 0.561. The zero-order valence-electron chi connectivity index (χ0n) is 7.37.